The van der Waals surface area contributed by atoms with Crippen LogP contribution in [0.2, 0.25) is 0 Å². The maximum absolute atomic E-state index is 13.1. The molecule has 0 radical (unpaired) electrons. The summed E-state index contributed by atoms with van der Waals surface area (Å²) in [6.07, 6.45) is 1.88. The van der Waals surface area contributed by atoms with Crippen LogP contribution in [0.4, 0.5) is 0 Å². The van der Waals surface area contributed by atoms with E-state index in [-0.39, 0.29) is 31.0 Å². The fourth-order valence-electron chi connectivity index (χ4n) is 4.35. The van der Waals surface area contributed by atoms with Gasteiger partial charge in [-0.1, -0.05) is 42.5 Å². The Bertz CT molecular complexity index is 1380. The molecule has 11 heteroatoms. The van der Waals surface area contributed by atoms with E-state index in [1.54, 1.807) is 0 Å². The molecule has 1 aromatic heterocycles. The summed E-state index contributed by atoms with van der Waals surface area (Å²) in [5.74, 6) is -1.32. The Hall–Kier alpha value is -4.25. The van der Waals surface area contributed by atoms with Crippen molar-refractivity contribution in [3.05, 3.63) is 80.6 Å². The molecule has 3 amide bonds. The number of aromatic nitrogens is 2. The van der Waals surface area contributed by atoms with Gasteiger partial charge in [0.25, 0.3) is 11.5 Å². The number of carbonyl (C=O) groups excluding carboxylic acids is 3. The second-order valence-corrected chi connectivity index (χ2v) is 8.69. The molecule has 0 aliphatic carbocycles. The van der Waals surface area contributed by atoms with Gasteiger partial charge in [0, 0.05) is 19.3 Å². The van der Waals surface area contributed by atoms with Gasteiger partial charge in [-0.25, -0.2) is 4.79 Å². The average molecular weight is 493 g/mol. The van der Waals surface area contributed by atoms with Crippen LogP contribution in [0, 0.1) is 0 Å². The van der Waals surface area contributed by atoms with Crippen LogP contribution in [0.5, 0.6) is 0 Å². The Balaban J connectivity index is 1.33. The van der Waals surface area contributed by atoms with E-state index in [0.29, 0.717) is 25.9 Å². The molecule has 2 heterocycles. The molecule has 1 fully saturated rings. The van der Waals surface area contributed by atoms with Crippen LogP contribution in [-0.2, 0) is 16.0 Å². The molecule has 2 aromatic carbocycles. The van der Waals surface area contributed by atoms with Crippen LogP contribution >= 0.6 is 0 Å². The van der Waals surface area contributed by atoms with Gasteiger partial charge in [0.05, 0.1) is 6.42 Å². The van der Waals surface area contributed by atoms with E-state index in [1.165, 1.54) is 0 Å². The zero-order valence-electron chi connectivity index (χ0n) is 19.6. The molecule has 36 heavy (non-hydrogen) atoms. The lowest BCUT2D eigenvalue weighted by Gasteiger charge is -2.36. The highest BCUT2D eigenvalue weighted by Crippen LogP contribution is 2.20. The third kappa shape index (κ3) is 5.69. The molecule has 0 saturated carbocycles. The molecule has 1 aliphatic heterocycles. The van der Waals surface area contributed by atoms with Crippen LogP contribution in [-0.4, -0.2) is 59.4 Å². The van der Waals surface area contributed by atoms with Crippen molar-refractivity contribution in [1.29, 1.82) is 0 Å². The summed E-state index contributed by atoms with van der Waals surface area (Å²) in [7, 11) is 0. The maximum atomic E-state index is 13.1. The van der Waals surface area contributed by atoms with E-state index >= 15 is 0 Å². The summed E-state index contributed by atoms with van der Waals surface area (Å²) in [5, 5.41) is 13.5. The number of benzene rings is 2. The van der Waals surface area contributed by atoms with E-state index in [4.69, 9.17) is 0 Å². The molecule has 188 valence electrons. The van der Waals surface area contributed by atoms with Gasteiger partial charge in [0.15, 0.2) is 0 Å². The van der Waals surface area contributed by atoms with Crippen molar-refractivity contribution < 1.29 is 14.4 Å². The minimum absolute atomic E-state index is 0.164. The molecule has 11 nitrogen and oxygen atoms in total. The number of hydrogen-bond acceptors (Lipinski definition) is 6. The number of amides is 3. The molecule has 0 bridgehead atoms. The Morgan fingerprint density at radius 3 is 2.42 bits per heavy atom. The normalized spacial score (nSPS) is 14.7. The minimum atomic E-state index is -1.22. The van der Waals surface area contributed by atoms with Crippen LogP contribution in [0.1, 0.15) is 28.8 Å². The third-order valence-electron chi connectivity index (χ3n) is 6.27. The number of hydrogen-bond donors (Lipinski definition) is 6. The molecular formula is C25H28N6O5. The number of rotatable bonds is 8. The van der Waals surface area contributed by atoms with Gasteiger partial charge in [-0.3, -0.25) is 24.2 Å². The SMILES string of the molecule is O=C(Cc1cccc2ccccc12)NCCNC(=O)C1(NC(=O)c2c[nH]c(=O)[nH]c2=O)CCNCC1. The highest BCUT2D eigenvalue weighted by atomic mass is 16.2. The minimum Gasteiger partial charge on any atom is -0.354 e. The number of carbonyl (C=O) groups is 3. The Kier molecular flexibility index (Phi) is 7.59. The monoisotopic (exact) mass is 492 g/mol. The topological polar surface area (TPSA) is 165 Å². The maximum Gasteiger partial charge on any atom is 0.325 e. The highest BCUT2D eigenvalue weighted by Gasteiger charge is 2.41. The first-order valence-electron chi connectivity index (χ1n) is 11.7. The van der Waals surface area contributed by atoms with E-state index < -0.39 is 28.6 Å². The second-order valence-electron chi connectivity index (χ2n) is 8.69. The first-order valence-corrected chi connectivity index (χ1v) is 11.7. The lowest BCUT2D eigenvalue weighted by molar-refractivity contribution is -0.128. The molecule has 0 spiro atoms. The zero-order chi connectivity index (χ0) is 25.5. The van der Waals surface area contributed by atoms with Gasteiger partial charge in [-0.05, 0) is 42.3 Å². The second kappa shape index (κ2) is 11.0. The summed E-state index contributed by atoms with van der Waals surface area (Å²) < 4.78 is 0. The van der Waals surface area contributed by atoms with Crippen molar-refractivity contribution in [3.63, 3.8) is 0 Å². The van der Waals surface area contributed by atoms with Gasteiger partial charge in [0.1, 0.15) is 11.1 Å². The number of piperidine rings is 1. The summed E-state index contributed by atoms with van der Waals surface area (Å²) in [5.41, 5.74) is -2.16. The first-order chi connectivity index (χ1) is 17.4. The fraction of sp³-hybridized carbons (Fsp3) is 0.320. The van der Waals surface area contributed by atoms with Crippen molar-refractivity contribution in [2.75, 3.05) is 26.2 Å². The predicted molar refractivity (Wildman–Crippen MR) is 134 cm³/mol. The van der Waals surface area contributed by atoms with Crippen LogP contribution in [0.25, 0.3) is 10.8 Å². The van der Waals surface area contributed by atoms with Crippen LogP contribution in [0.15, 0.2) is 58.3 Å². The molecule has 0 atom stereocenters. The van der Waals surface area contributed by atoms with Gasteiger partial charge in [-0.2, -0.15) is 0 Å². The molecule has 6 N–H and O–H groups in total. The molecule has 1 saturated heterocycles. The van der Waals surface area contributed by atoms with Gasteiger partial charge >= 0.3 is 5.69 Å². The number of aromatic amines is 2. The lowest BCUT2D eigenvalue weighted by atomic mass is 9.87. The quantitative estimate of drug-likeness (QED) is 0.233. The first kappa shape index (κ1) is 24.9. The smallest absolute Gasteiger partial charge is 0.325 e. The molecule has 1 aliphatic rings. The Morgan fingerprint density at radius 1 is 0.917 bits per heavy atom. The van der Waals surface area contributed by atoms with Crippen LogP contribution in [0.3, 0.4) is 0 Å². The Morgan fingerprint density at radius 2 is 1.64 bits per heavy atom. The zero-order valence-corrected chi connectivity index (χ0v) is 19.6. The summed E-state index contributed by atoms with van der Waals surface area (Å²) in [4.78, 5) is 65.8. The molecule has 4 rings (SSSR count). The fourth-order valence-corrected chi connectivity index (χ4v) is 4.35. The van der Waals surface area contributed by atoms with E-state index in [9.17, 15) is 24.0 Å². The summed E-state index contributed by atoms with van der Waals surface area (Å²) >= 11 is 0. The van der Waals surface area contributed by atoms with Crippen molar-refractivity contribution in [1.82, 2.24) is 31.2 Å². The van der Waals surface area contributed by atoms with Gasteiger partial charge in [0.2, 0.25) is 11.8 Å². The number of H-pyrrole nitrogens is 2. The Labute approximate surface area is 206 Å². The van der Waals surface area contributed by atoms with Crippen molar-refractivity contribution in [2.24, 2.45) is 0 Å². The van der Waals surface area contributed by atoms with Crippen molar-refractivity contribution >= 4 is 28.5 Å². The molecule has 3 aromatic rings. The van der Waals surface area contributed by atoms with E-state index in [2.05, 4.69) is 26.3 Å². The van der Waals surface area contributed by atoms with Gasteiger partial charge < -0.3 is 26.3 Å². The molecular weight excluding hydrogens is 464 g/mol. The third-order valence-corrected chi connectivity index (χ3v) is 6.27. The number of nitrogens with one attached hydrogen (secondary N) is 6. The molecule has 0 unspecified atom stereocenters. The number of fused-ring (bicyclic) bond motifs is 1. The lowest BCUT2D eigenvalue weighted by Crippen LogP contribution is -2.63. The van der Waals surface area contributed by atoms with E-state index in [1.807, 2.05) is 47.4 Å². The largest absolute Gasteiger partial charge is 0.354 e. The van der Waals surface area contributed by atoms with Crippen molar-refractivity contribution in [2.45, 2.75) is 24.8 Å². The average Bonchev–Trinajstić information content (AvgIpc) is 2.87. The van der Waals surface area contributed by atoms with Gasteiger partial charge in [-0.15, -0.1) is 0 Å². The van der Waals surface area contributed by atoms with Crippen LogP contribution < -0.4 is 32.5 Å². The van der Waals surface area contributed by atoms with E-state index in [0.717, 1.165) is 22.5 Å². The summed E-state index contributed by atoms with van der Waals surface area (Å²) in [6, 6.07) is 13.7. The van der Waals surface area contributed by atoms with Crippen molar-refractivity contribution in [3.8, 4) is 0 Å². The summed E-state index contributed by atoms with van der Waals surface area (Å²) in [6.45, 7) is 1.39. The standard InChI is InChI=1S/C25H28N6O5/c32-20(14-17-6-3-5-16-4-1-2-7-18(16)17)27-12-13-28-23(35)25(8-10-26-11-9-25)31-22(34)19-15-29-24(36)30-21(19)33/h1-7,15,26H,8-14H2,(H,27,32)(H,28,35)(H,31,34)(H2,29,30,33,36). The predicted octanol–water partition coefficient (Wildman–Crippen LogP) is -0.456. The highest BCUT2D eigenvalue weighted by molar-refractivity contribution is 5.99.